The zero-order valence-corrected chi connectivity index (χ0v) is 8.30. The molecular weight excluding hydrogens is 196 g/mol. The van der Waals surface area contributed by atoms with E-state index in [0.29, 0.717) is 12.2 Å². The highest BCUT2D eigenvalue weighted by Crippen LogP contribution is 2.26. The van der Waals surface area contributed by atoms with Gasteiger partial charge in [-0.15, -0.1) is 0 Å². The number of hydrogen-bond acceptors (Lipinski definition) is 3. The quantitative estimate of drug-likeness (QED) is 0.737. The average molecular weight is 208 g/mol. The second kappa shape index (κ2) is 5.05. The number of aromatic hydroxyl groups is 1. The topological polar surface area (TPSA) is 66.8 Å². The van der Waals surface area contributed by atoms with Crippen molar-refractivity contribution in [3.05, 3.63) is 35.9 Å². The number of allylic oxidation sites excluding steroid dienone is 1. The molecule has 0 fully saturated rings. The largest absolute Gasteiger partial charge is 0.504 e. The van der Waals surface area contributed by atoms with Gasteiger partial charge < -0.3 is 14.9 Å². The molecule has 0 bridgehead atoms. The van der Waals surface area contributed by atoms with Gasteiger partial charge in [-0.05, 0) is 24.1 Å². The number of aliphatic carboxylic acids is 1. The summed E-state index contributed by atoms with van der Waals surface area (Å²) in [4.78, 5) is 10.2. The van der Waals surface area contributed by atoms with Crippen molar-refractivity contribution in [1.29, 1.82) is 0 Å². The maximum atomic E-state index is 10.2. The van der Waals surface area contributed by atoms with Crippen LogP contribution in [0.2, 0.25) is 0 Å². The minimum atomic E-state index is -0.972. The van der Waals surface area contributed by atoms with Crippen molar-refractivity contribution < 1.29 is 19.7 Å². The number of phenolic OH excluding ortho intramolecular Hbond substituents is 1. The molecule has 0 radical (unpaired) electrons. The van der Waals surface area contributed by atoms with E-state index in [9.17, 15) is 9.90 Å². The van der Waals surface area contributed by atoms with Gasteiger partial charge in [-0.3, -0.25) is 0 Å². The van der Waals surface area contributed by atoms with E-state index < -0.39 is 5.97 Å². The number of carboxylic acid groups (broad SMARTS) is 1. The summed E-state index contributed by atoms with van der Waals surface area (Å²) in [6.07, 6.45) is 3.11. The number of phenols is 1. The first-order chi connectivity index (χ1) is 7.13. The molecule has 4 nitrogen and oxygen atoms in total. The normalized spacial score (nSPS) is 10.5. The molecule has 0 aromatic heterocycles. The van der Waals surface area contributed by atoms with Crippen molar-refractivity contribution >= 4 is 5.97 Å². The van der Waals surface area contributed by atoms with Crippen molar-refractivity contribution in [3.8, 4) is 11.5 Å². The first kappa shape index (κ1) is 11.1. The summed E-state index contributed by atoms with van der Waals surface area (Å²) in [5, 5.41) is 17.7. The van der Waals surface area contributed by atoms with Crippen LogP contribution in [0.1, 0.15) is 5.56 Å². The molecule has 0 atom stereocenters. The van der Waals surface area contributed by atoms with Gasteiger partial charge in [-0.1, -0.05) is 12.1 Å². The van der Waals surface area contributed by atoms with Gasteiger partial charge in [0.25, 0.3) is 0 Å². The third kappa shape index (κ3) is 3.34. The molecule has 0 heterocycles. The van der Waals surface area contributed by atoms with Gasteiger partial charge in [-0.2, -0.15) is 0 Å². The van der Waals surface area contributed by atoms with Crippen molar-refractivity contribution in [2.24, 2.45) is 0 Å². The predicted octanol–water partition coefficient (Wildman–Crippen LogP) is 1.58. The lowest BCUT2D eigenvalue weighted by Gasteiger charge is -2.04. The molecule has 4 heteroatoms. The van der Waals surface area contributed by atoms with Crippen LogP contribution in [0, 0.1) is 0 Å². The molecule has 1 aromatic carbocycles. The van der Waals surface area contributed by atoms with Crippen molar-refractivity contribution in [1.82, 2.24) is 0 Å². The fraction of sp³-hybridized carbons (Fsp3) is 0.182. The van der Waals surface area contributed by atoms with Gasteiger partial charge >= 0.3 is 5.97 Å². The monoisotopic (exact) mass is 208 g/mol. The van der Waals surface area contributed by atoms with Crippen molar-refractivity contribution in [2.75, 3.05) is 7.11 Å². The number of carbonyl (C=O) groups is 1. The number of hydrogen-bond donors (Lipinski definition) is 2. The molecule has 0 aliphatic carbocycles. The molecule has 0 amide bonds. The van der Waals surface area contributed by atoms with Crippen LogP contribution in [-0.2, 0) is 11.2 Å². The molecule has 1 rings (SSSR count). The lowest BCUT2D eigenvalue weighted by molar-refractivity contribution is -0.131. The van der Waals surface area contributed by atoms with E-state index in [2.05, 4.69) is 0 Å². The third-order valence-electron chi connectivity index (χ3n) is 1.86. The zero-order valence-electron chi connectivity index (χ0n) is 8.30. The predicted molar refractivity (Wildman–Crippen MR) is 55.1 cm³/mol. The van der Waals surface area contributed by atoms with Crippen LogP contribution < -0.4 is 4.74 Å². The van der Waals surface area contributed by atoms with Crippen LogP contribution in [0.15, 0.2) is 30.4 Å². The van der Waals surface area contributed by atoms with E-state index in [0.717, 1.165) is 11.6 Å². The van der Waals surface area contributed by atoms with Crippen LogP contribution in [0.5, 0.6) is 11.5 Å². The molecule has 15 heavy (non-hydrogen) atoms. The van der Waals surface area contributed by atoms with E-state index in [1.165, 1.54) is 19.3 Å². The Morgan fingerprint density at radius 3 is 2.87 bits per heavy atom. The third-order valence-corrected chi connectivity index (χ3v) is 1.86. The fourth-order valence-corrected chi connectivity index (χ4v) is 1.14. The summed E-state index contributed by atoms with van der Waals surface area (Å²) < 4.78 is 4.92. The Balaban J connectivity index is 2.74. The molecule has 0 spiro atoms. The molecule has 0 saturated heterocycles. The Morgan fingerprint density at radius 1 is 1.53 bits per heavy atom. The molecular formula is C11H12O4. The van der Waals surface area contributed by atoms with Gasteiger partial charge in [-0.25, -0.2) is 4.79 Å². The summed E-state index contributed by atoms with van der Waals surface area (Å²) >= 11 is 0. The molecule has 0 aliphatic rings. The zero-order chi connectivity index (χ0) is 11.3. The maximum absolute atomic E-state index is 10.2. The van der Waals surface area contributed by atoms with Crippen molar-refractivity contribution in [3.63, 3.8) is 0 Å². The Kier molecular flexibility index (Phi) is 3.74. The minimum absolute atomic E-state index is 0.0727. The first-order valence-corrected chi connectivity index (χ1v) is 4.39. The van der Waals surface area contributed by atoms with E-state index in [1.807, 2.05) is 0 Å². The maximum Gasteiger partial charge on any atom is 0.327 e. The van der Waals surface area contributed by atoms with E-state index in [4.69, 9.17) is 9.84 Å². The van der Waals surface area contributed by atoms with Crippen LogP contribution in [-0.4, -0.2) is 23.3 Å². The number of ether oxygens (including phenoxy) is 1. The average Bonchev–Trinajstić information content (AvgIpc) is 2.20. The summed E-state index contributed by atoms with van der Waals surface area (Å²) in [6.45, 7) is 0. The fourth-order valence-electron chi connectivity index (χ4n) is 1.14. The smallest absolute Gasteiger partial charge is 0.327 e. The molecule has 2 N–H and O–H groups in total. The van der Waals surface area contributed by atoms with Crippen LogP contribution in [0.3, 0.4) is 0 Å². The van der Waals surface area contributed by atoms with Gasteiger partial charge in [0.15, 0.2) is 11.5 Å². The van der Waals surface area contributed by atoms with Crippen LogP contribution >= 0.6 is 0 Å². The number of benzene rings is 1. The van der Waals surface area contributed by atoms with Gasteiger partial charge in [0.05, 0.1) is 7.11 Å². The second-order valence-electron chi connectivity index (χ2n) is 2.95. The summed E-state index contributed by atoms with van der Waals surface area (Å²) in [5.41, 5.74) is 0.877. The highest BCUT2D eigenvalue weighted by molar-refractivity contribution is 5.79. The molecule has 0 aliphatic heterocycles. The van der Waals surface area contributed by atoms with Crippen LogP contribution in [0.4, 0.5) is 0 Å². The molecule has 80 valence electrons. The van der Waals surface area contributed by atoms with E-state index in [1.54, 1.807) is 12.1 Å². The van der Waals surface area contributed by atoms with Crippen molar-refractivity contribution in [2.45, 2.75) is 6.42 Å². The minimum Gasteiger partial charge on any atom is -0.504 e. The second-order valence-corrected chi connectivity index (χ2v) is 2.95. The van der Waals surface area contributed by atoms with Gasteiger partial charge in [0.2, 0.25) is 0 Å². The Bertz CT molecular complexity index is 382. The van der Waals surface area contributed by atoms with E-state index >= 15 is 0 Å². The lowest BCUT2D eigenvalue weighted by atomic mass is 10.1. The highest BCUT2D eigenvalue weighted by atomic mass is 16.5. The Labute approximate surface area is 87.4 Å². The highest BCUT2D eigenvalue weighted by Gasteiger charge is 2.01. The molecule has 1 aromatic rings. The summed E-state index contributed by atoms with van der Waals surface area (Å²) in [7, 11) is 1.46. The van der Waals surface area contributed by atoms with E-state index in [-0.39, 0.29) is 5.75 Å². The summed E-state index contributed by atoms with van der Waals surface area (Å²) in [6, 6.07) is 4.90. The SMILES string of the molecule is COc1cc(C/C=C/C(=O)O)ccc1O. The summed E-state index contributed by atoms with van der Waals surface area (Å²) in [5.74, 6) is -0.513. The number of methoxy groups -OCH3 is 1. The van der Waals surface area contributed by atoms with Gasteiger partial charge in [0.1, 0.15) is 0 Å². The number of carboxylic acids is 1. The lowest BCUT2D eigenvalue weighted by Crippen LogP contribution is -1.89. The van der Waals surface area contributed by atoms with Gasteiger partial charge in [0, 0.05) is 6.08 Å². The molecule has 0 unspecified atom stereocenters. The first-order valence-electron chi connectivity index (χ1n) is 4.39. The van der Waals surface area contributed by atoms with Crippen LogP contribution in [0.25, 0.3) is 0 Å². The Hall–Kier alpha value is -1.97. The standard InChI is InChI=1S/C11H12O4/c1-15-10-7-8(5-6-9(10)12)3-2-4-11(13)14/h2,4-7,12H,3H2,1H3,(H,13,14)/b4-2+. The molecule has 0 saturated carbocycles. The number of rotatable bonds is 4. The Morgan fingerprint density at radius 2 is 2.27 bits per heavy atom.